The Balaban J connectivity index is 2.57. The van der Waals surface area contributed by atoms with E-state index in [0.29, 0.717) is 35.7 Å². The van der Waals surface area contributed by atoms with Crippen LogP contribution < -0.4 is 14.2 Å². The largest absolute Gasteiger partial charge is 0.493 e. The van der Waals surface area contributed by atoms with Gasteiger partial charge in [0.25, 0.3) is 10.1 Å². The third kappa shape index (κ3) is 4.59. The highest BCUT2D eigenvalue weighted by Crippen LogP contribution is 2.47. The lowest BCUT2D eigenvalue weighted by Gasteiger charge is -2.23. The molecule has 0 bridgehead atoms. The highest BCUT2D eigenvalue weighted by molar-refractivity contribution is 7.86. The summed E-state index contributed by atoms with van der Waals surface area (Å²) < 4.78 is 50.0. The third-order valence-corrected chi connectivity index (χ3v) is 4.75. The lowest BCUT2D eigenvalue weighted by molar-refractivity contribution is -0.147. The summed E-state index contributed by atoms with van der Waals surface area (Å²) in [5.74, 6) is 0.856. The molecule has 2 atom stereocenters. The van der Waals surface area contributed by atoms with E-state index in [1.54, 1.807) is 6.07 Å². The number of benzene rings is 1. The van der Waals surface area contributed by atoms with Gasteiger partial charge < -0.3 is 18.9 Å². The lowest BCUT2D eigenvalue weighted by atomic mass is 9.98. The van der Waals surface area contributed by atoms with Crippen molar-refractivity contribution in [3.63, 3.8) is 0 Å². The molecule has 2 rings (SSSR count). The van der Waals surface area contributed by atoms with E-state index in [2.05, 4.69) is 0 Å². The Hall–Kier alpha value is -2.00. The molecule has 1 aromatic carbocycles. The summed E-state index contributed by atoms with van der Waals surface area (Å²) in [5, 5.41) is 0. The van der Waals surface area contributed by atoms with Gasteiger partial charge in [0.2, 0.25) is 5.75 Å². The van der Waals surface area contributed by atoms with E-state index in [9.17, 15) is 13.2 Å². The number of carbonyl (C=O) groups excluding carboxylic acids is 1. The lowest BCUT2D eigenvalue weighted by Crippen LogP contribution is -2.21. The molecule has 1 aliphatic rings. The Morgan fingerprint density at radius 3 is 2.27 bits per heavy atom. The van der Waals surface area contributed by atoms with Crippen molar-refractivity contribution in [1.29, 1.82) is 0 Å². The molecule has 0 saturated carbocycles. The van der Waals surface area contributed by atoms with Gasteiger partial charge in [-0.15, -0.1) is 0 Å². The molecule has 0 saturated heterocycles. The first-order valence-electron chi connectivity index (χ1n) is 8.07. The van der Waals surface area contributed by atoms with Gasteiger partial charge in [0.1, 0.15) is 6.10 Å². The van der Waals surface area contributed by atoms with Gasteiger partial charge in [-0.1, -0.05) is 0 Å². The van der Waals surface area contributed by atoms with Gasteiger partial charge in [-0.3, -0.25) is 8.98 Å². The highest BCUT2D eigenvalue weighted by atomic mass is 32.2. The van der Waals surface area contributed by atoms with Crippen molar-refractivity contribution in [3.8, 4) is 17.2 Å². The predicted octanol–water partition coefficient (Wildman–Crippen LogP) is 2.00. The average molecular weight is 388 g/mol. The zero-order chi connectivity index (χ0) is 19.5. The normalized spacial score (nSPS) is 19.9. The van der Waals surface area contributed by atoms with Crippen LogP contribution in [0.3, 0.4) is 0 Å². The van der Waals surface area contributed by atoms with E-state index in [0.717, 1.165) is 11.8 Å². The molecule has 1 unspecified atom stereocenters. The van der Waals surface area contributed by atoms with Gasteiger partial charge in [0, 0.05) is 24.5 Å². The van der Waals surface area contributed by atoms with Crippen LogP contribution in [0.15, 0.2) is 6.07 Å². The highest BCUT2D eigenvalue weighted by Gasteiger charge is 2.33. The molecular formula is C17H24O8S. The average Bonchev–Trinajstić information content (AvgIpc) is 2.70. The fourth-order valence-corrected chi connectivity index (χ4v) is 3.88. The molecule has 0 N–H and O–H groups in total. The minimum atomic E-state index is -3.64. The monoisotopic (exact) mass is 388 g/mol. The van der Waals surface area contributed by atoms with Crippen molar-refractivity contribution in [2.24, 2.45) is 0 Å². The van der Waals surface area contributed by atoms with E-state index in [1.807, 2.05) is 0 Å². The predicted molar refractivity (Wildman–Crippen MR) is 93.3 cm³/mol. The van der Waals surface area contributed by atoms with Crippen molar-refractivity contribution in [1.82, 2.24) is 0 Å². The molecule has 1 aromatic rings. The smallest absolute Gasteiger partial charge is 0.303 e. The molecule has 0 aliphatic heterocycles. The standard InChI is InChI=1S/C17H24O8S/c1-10(18)24-14-8-11(25-26(5,19)20)6-7-12-13(14)9-15(21-2)17(23-4)16(12)22-3/h9,11,14H,6-8H2,1-5H3/t11-,14?/m0/s1. The molecule has 0 radical (unpaired) electrons. The number of esters is 1. The van der Waals surface area contributed by atoms with Gasteiger partial charge in [0.05, 0.1) is 33.7 Å². The SMILES string of the molecule is COc1cc2c(c(OC)c1OC)CC[C@H](OS(C)(=O)=O)CC2OC(C)=O. The second kappa shape index (κ2) is 8.13. The van der Waals surface area contributed by atoms with Crippen molar-refractivity contribution < 1.29 is 36.3 Å². The van der Waals surface area contributed by atoms with E-state index >= 15 is 0 Å². The Labute approximate surface area is 153 Å². The van der Waals surface area contributed by atoms with E-state index in [1.165, 1.54) is 28.3 Å². The summed E-state index contributed by atoms with van der Waals surface area (Å²) in [6.45, 7) is 1.30. The van der Waals surface area contributed by atoms with Gasteiger partial charge in [-0.05, 0) is 18.9 Å². The number of rotatable bonds is 6. The van der Waals surface area contributed by atoms with Crippen molar-refractivity contribution >= 4 is 16.1 Å². The summed E-state index contributed by atoms with van der Waals surface area (Å²) in [5.41, 5.74) is 1.46. The zero-order valence-electron chi connectivity index (χ0n) is 15.5. The maximum absolute atomic E-state index is 11.6. The Kier molecular flexibility index (Phi) is 6.35. The van der Waals surface area contributed by atoms with Crippen LogP contribution in [0.2, 0.25) is 0 Å². The van der Waals surface area contributed by atoms with Crippen molar-refractivity contribution in [2.45, 2.75) is 38.4 Å². The number of ether oxygens (including phenoxy) is 4. The summed E-state index contributed by atoms with van der Waals surface area (Å²) in [4.78, 5) is 11.6. The summed E-state index contributed by atoms with van der Waals surface area (Å²) in [7, 11) is 0.865. The van der Waals surface area contributed by atoms with Crippen LogP contribution in [0.4, 0.5) is 0 Å². The van der Waals surface area contributed by atoms with Crippen LogP contribution in [-0.4, -0.2) is 48.1 Å². The molecule has 146 valence electrons. The minimum absolute atomic E-state index is 0.207. The van der Waals surface area contributed by atoms with Crippen LogP contribution in [0, 0.1) is 0 Å². The first-order chi connectivity index (χ1) is 12.2. The van der Waals surface area contributed by atoms with Crippen LogP contribution in [0.25, 0.3) is 0 Å². The first kappa shape index (κ1) is 20.3. The first-order valence-corrected chi connectivity index (χ1v) is 9.89. The minimum Gasteiger partial charge on any atom is -0.493 e. The number of carbonyl (C=O) groups is 1. The second-order valence-corrected chi connectivity index (χ2v) is 7.61. The van der Waals surface area contributed by atoms with Crippen LogP contribution in [-0.2, 0) is 30.3 Å². The summed E-state index contributed by atoms with van der Waals surface area (Å²) >= 11 is 0. The molecule has 0 amide bonds. The molecule has 0 heterocycles. The fourth-order valence-electron chi connectivity index (χ4n) is 3.22. The Morgan fingerprint density at radius 1 is 1.12 bits per heavy atom. The Morgan fingerprint density at radius 2 is 1.77 bits per heavy atom. The molecule has 1 aliphatic carbocycles. The molecular weight excluding hydrogens is 364 g/mol. The van der Waals surface area contributed by atoms with Crippen molar-refractivity contribution in [2.75, 3.05) is 27.6 Å². The van der Waals surface area contributed by atoms with Gasteiger partial charge in [-0.2, -0.15) is 8.42 Å². The maximum Gasteiger partial charge on any atom is 0.303 e. The molecule has 9 heteroatoms. The van der Waals surface area contributed by atoms with E-state index in [4.69, 9.17) is 23.1 Å². The number of methoxy groups -OCH3 is 3. The molecule has 0 aromatic heterocycles. The summed E-state index contributed by atoms with van der Waals surface area (Å²) in [6, 6.07) is 1.73. The van der Waals surface area contributed by atoms with Gasteiger partial charge in [0.15, 0.2) is 11.5 Å². The number of hydrogen-bond acceptors (Lipinski definition) is 8. The van der Waals surface area contributed by atoms with Crippen LogP contribution >= 0.6 is 0 Å². The topological polar surface area (TPSA) is 97.4 Å². The summed E-state index contributed by atoms with van der Waals surface area (Å²) in [6.07, 6.45) is 0.783. The van der Waals surface area contributed by atoms with E-state index < -0.39 is 28.3 Å². The van der Waals surface area contributed by atoms with Crippen LogP contribution in [0.5, 0.6) is 17.2 Å². The second-order valence-electron chi connectivity index (χ2n) is 6.01. The quantitative estimate of drug-likeness (QED) is 0.415. The molecule has 26 heavy (non-hydrogen) atoms. The van der Waals surface area contributed by atoms with Crippen molar-refractivity contribution in [3.05, 3.63) is 17.2 Å². The third-order valence-electron chi connectivity index (χ3n) is 4.13. The maximum atomic E-state index is 11.6. The molecule has 0 spiro atoms. The Bertz CT molecular complexity index is 771. The number of hydrogen-bond donors (Lipinski definition) is 0. The molecule has 8 nitrogen and oxygen atoms in total. The van der Waals surface area contributed by atoms with Gasteiger partial charge >= 0.3 is 5.97 Å². The zero-order valence-corrected chi connectivity index (χ0v) is 16.3. The number of fused-ring (bicyclic) bond motifs is 1. The molecule has 0 fully saturated rings. The van der Waals surface area contributed by atoms with E-state index in [-0.39, 0.29) is 6.42 Å². The van der Waals surface area contributed by atoms with Gasteiger partial charge in [-0.25, -0.2) is 0 Å². The van der Waals surface area contributed by atoms with Crippen LogP contribution in [0.1, 0.15) is 37.0 Å². The fraction of sp³-hybridized carbons (Fsp3) is 0.588.